The summed E-state index contributed by atoms with van der Waals surface area (Å²) in [6.07, 6.45) is 6.05. The Morgan fingerprint density at radius 1 is 1.09 bits per heavy atom. The molecule has 23 heavy (non-hydrogen) atoms. The molecule has 0 aliphatic carbocycles. The largest absolute Gasteiger partial charge is 0.493 e. The van der Waals surface area contributed by atoms with E-state index in [0.29, 0.717) is 6.42 Å². The Morgan fingerprint density at radius 3 is 2.43 bits per heavy atom. The van der Waals surface area contributed by atoms with E-state index in [-0.39, 0.29) is 11.2 Å². The summed E-state index contributed by atoms with van der Waals surface area (Å²) in [5.74, 6) is 1.82. The highest BCUT2D eigenvalue weighted by Crippen LogP contribution is 2.29. The SMILES string of the molecule is CCCCCCOc1ccc(CCC(=O)C(C)(C)C)cc1OC. The fraction of sp³-hybridized carbons (Fsp3) is 0.650. The molecule has 0 radical (unpaired) electrons. The summed E-state index contributed by atoms with van der Waals surface area (Å²) in [7, 11) is 1.66. The highest BCUT2D eigenvalue weighted by atomic mass is 16.5. The molecule has 0 bridgehead atoms. The van der Waals surface area contributed by atoms with Crippen molar-refractivity contribution in [1.82, 2.24) is 0 Å². The predicted octanol–water partition coefficient (Wildman–Crippen LogP) is 5.20. The van der Waals surface area contributed by atoms with Crippen LogP contribution in [-0.4, -0.2) is 19.5 Å². The number of ether oxygens (including phenoxy) is 2. The quantitative estimate of drug-likeness (QED) is 0.556. The van der Waals surface area contributed by atoms with Crippen LogP contribution >= 0.6 is 0 Å². The van der Waals surface area contributed by atoms with Crippen LogP contribution in [0.4, 0.5) is 0 Å². The van der Waals surface area contributed by atoms with Gasteiger partial charge in [0.2, 0.25) is 0 Å². The van der Waals surface area contributed by atoms with E-state index in [1.165, 1.54) is 19.3 Å². The topological polar surface area (TPSA) is 35.5 Å². The third-order valence-electron chi connectivity index (χ3n) is 3.96. The van der Waals surface area contributed by atoms with Crippen molar-refractivity contribution in [3.8, 4) is 11.5 Å². The lowest BCUT2D eigenvalue weighted by atomic mass is 9.87. The molecular formula is C20H32O3. The zero-order valence-corrected chi connectivity index (χ0v) is 15.4. The average Bonchev–Trinajstić information content (AvgIpc) is 2.52. The minimum atomic E-state index is -0.272. The van der Waals surface area contributed by atoms with Crippen LogP contribution in [0.3, 0.4) is 0 Å². The first-order chi connectivity index (χ1) is 10.9. The molecule has 0 aromatic heterocycles. The van der Waals surface area contributed by atoms with Gasteiger partial charge in [0.15, 0.2) is 11.5 Å². The number of carbonyl (C=O) groups excluding carboxylic acids is 1. The normalized spacial score (nSPS) is 11.3. The molecule has 3 heteroatoms. The maximum Gasteiger partial charge on any atom is 0.161 e. The Morgan fingerprint density at radius 2 is 1.83 bits per heavy atom. The molecule has 0 amide bonds. The van der Waals surface area contributed by atoms with Gasteiger partial charge in [-0.1, -0.05) is 53.0 Å². The van der Waals surface area contributed by atoms with Gasteiger partial charge in [0.25, 0.3) is 0 Å². The van der Waals surface area contributed by atoms with Crippen molar-refractivity contribution in [1.29, 1.82) is 0 Å². The Kier molecular flexibility index (Phi) is 8.15. The van der Waals surface area contributed by atoms with E-state index in [4.69, 9.17) is 9.47 Å². The number of Topliss-reactive ketones (excluding diaryl/α,β-unsaturated/α-hetero) is 1. The fourth-order valence-electron chi connectivity index (χ4n) is 2.33. The number of aryl methyl sites for hydroxylation is 1. The molecule has 1 aromatic carbocycles. The summed E-state index contributed by atoms with van der Waals surface area (Å²) in [6, 6.07) is 5.96. The van der Waals surface area contributed by atoms with Crippen molar-refractivity contribution in [2.45, 2.75) is 66.2 Å². The van der Waals surface area contributed by atoms with Crippen LogP contribution in [0.2, 0.25) is 0 Å². The van der Waals surface area contributed by atoms with Crippen molar-refractivity contribution < 1.29 is 14.3 Å². The number of hydrogen-bond donors (Lipinski definition) is 0. The summed E-state index contributed by atoms with van der Waals surface area (Å²) in [6.45, 7) is 8.81. The molecule has 0 heterocycles. The van der Waals surface area contributed by atoms with Crippen molar-refractivity contribution in [3.63, 3.8) is 0 Å². The molecule has 130 valence electrons. The molecule has 1 aromatic rings. The molecule has 1 rings (SSSR count). The first-order valence-electron chi connectivity index (χ1n) is 8.71. The van der Waals surface area contributed by atoms with E-state index in [1.54, 1.807) is 7.11 Å². The van der Waals surface area contributed by atoms with Crippen molar-refractivity contribution in [2.24, 2.45) is 5.41 Å². The Balaban J connectivity index is 2.56. The number of benzene rings is 1. The molecule has 0 N–H and O–H groups in total. The number of carbonyl (C=O) groups is 1. The Labute approximate surface area is 141 Å². The van der Waals surface area contributed by atoms with Gasteiger partial charge in [-0.15, -0.1) is 0 Å². The van der Waals surface area contributed by atoms with Gasteiger partial charge in [-0.25, -0.2) is 0 Å². The van der Waals surface area contributed by atoms with Crippen LogP contribution in [0.5, 0.6) is 11.5 Å². The van der Waals surface area contributed by atoms with Gasteiger partial charge in [-0.3, -0.25) is 4.79 Å². The minimum Gasteiger partial charge on any atom is -0.493 e. The third-order valence-corrected chi connectivity index (χ3v) is 3.96. The van der Waals surface area contributed by atoms with Gasteiger partial charge in [0, 0.05) is 11.8 Å². The smallest absolute Gasteiger partial charge is 0.161 e. The highest BCUT2D eigenvalue weighted by molar-refractivity contribution is 5.83. The van der Waals surface area contributed by atoms with E-state index in [9.17, 15) is 4.79 Å². The maximum absolute atomic E-state index is 12.0. The van der Waals surface area contributed by atoms with Gasteiger partial charge in [-0.05, 0) is 30.5 Å². The average molecular weight is 320 g/mol. The number of ketones is 1. The van der Waals surface area contributed by atoms with E-state index in [2.05, 4.69) is 6.92 Å². The van der Waals surface area contributed by atoms with Crippen LogP contribution < -0.4 is 9.47 Å². The first-order valence-corrected chi connectivity index (χ1v) is 8.71. The zero-order chi connectivity index (χ0) is 17.3. The fourth-order valence-corrected chi connectivity index (χ4v) is 2.33. The zero-order valence-electron chi connectivity index (χ0n) is 15.4. The number of rotatable bonds is 10. The molecule has 0 atom stereocenters. The molecule has 3 nitrogen and oxygen atoms in total. The van der Waals surface area contributed by atoms with Crippen LogP contribution in [0, 0.1) is 5.41 Å². The molecule has 0 aliphatic heterocycles. The highest BCUT2D eigenvalue weighted by Gasteiger charge is 2.20. The second kappa shape index (κ2) is 9.59. The van der Waals surface area contributed by atoms with E-state index in [1.807, 2.05) is 39.0 Å². The monoisotopic (exact) mass is 320 g/mol. The van der Waals surface area contributed by atoms with Crippen molar-refractivity contribution in [2.75, 3.05) is 13.7 Å². The van der Waals surface area contributed by atoms with Gasteiger partial charge in [0.1, 0.15) is 5.78 Å². The molecule has 0 saturated carbocycles. The van der Waals surface area contributed by atoms with Crippen LogP contribution in [0.25, 0.3) is 0 Å². The third kappa shape index (κ3) is 7.06. The van der Waals surface area contributed by atoms with Crippen LogP contribution in [-0.2, 0) is 11.2 Å². The van der Waals surface area contributed by atoms with Crippen molar-refractivity contribution >= 4 is 5.78 Å². The summed E-state index contributed by atoms with van der Waals surface area (Å²) in [5, 5.41) is 0. The summed E-state index contributed by atoms with van der Waals surface area (Å²) in [5.41, 5.74) is 0.837. The van der Waals surface area contributed by atoms with Crippen molar-refractivity contribution in [3.05, 3.63) is 23.8 Å². The first kappa shape index (κ1) is 19.5. The summed E-state index contributed by atoms with van der Waals surface area (Å²) >= 11 is 0. The molecule has 0 fully saturated rings. The Hall–Kier alpha value is -1.51. The van der Waals surface area contributed by atoms with Crippen LogP contribution in [0.15, 0.2) is 18.2 Å². The van der Waals surface area contributed by atoms with E-state index in [0.717, 1.165) is 36.5 Å². The minimum absolute atomic E-state index is 0.272. The van der Waals surface area contributed by atoms with E-state index < -0.39 is 0 Å². The number of hydrogen-bond acceptors (Lipinski definition) is 3. The van der Waals surface area contributed by atoms with E-state index >= 15 is 0 Å². The van der Waals surface area contributed by atoms with Gasteiger partial charge >= 0.3 is 0 Å². The number of unbranched alkanes of at least 4 members (excludes halogenated alkanes) is 3. The molecule has 0 spiro atoms. The Bertz CT molecular complexity index is 486. The second-order valence-corrected chi connectivity index (χ2v) is 7.07. The lowest BCUT2D eigenvalue weighted by molar-refractivity contribution is -0.126. The summed E-state index contributed by atoms with van der Waals surface area (Å²) < 4.78 is 11.2. The number of methoxy groups -OCH3 is 1. The van der Waals surface area contributed by atoms with Gasteiger partial charge in [0.05, 0.1) is 13.7 Å². The molecule has 0 aliphatic rings. The molecule has 0 saturated heterocycles. The second-order valence-electron chi connectivity index (χ2n) is 7.07. The lowest BCUT2D eigenvalue weighted by Gasteiger charge is -2.17. The lowest BCUT2D eigenvalue weighted by Crippen LogP contribution is -2.20. The maximum atomic E-state index is 12.0. The standard InChI is InChI=1S/C20H32O3/c1-6-7-8-9-14-23-17-12-10-16(15-18(17)22-5)11-13-19(21)20(2,3)4/h10,12,15H,6-9,11,13-14H2,1-5H3. The summed E-state index contributed by atoms with van der Waals surface area (Å²) in [4.78, 5) is 12.0. The van der Waals surface area contributed by atoms with Gasteiger partial charge < -0.3 is 9.47 Å². The van der Waals surface area contributed by atoms with Crippen LogP contribution in [0.1, 0.15) is 65.4 Å². The molecular weight excluding hydrogens is 288 g/mol. The van der Waals surface area contributed by atoms with Gasteiger partial charge in [-0.2, -0.15) is 0 Å². The predicted molar refractivity (Wildman–Crippen MR) is 95.4 cm³/mol. The molecule has 0 unspecified atom stereocenters.